The van der Waals surface area contributed by atoms with Gasteiger partial charge in [0, 0.05) is 11.2 Å². The number of hydrogen-bond donors (Lipinski definition) is 0. The zero-order chi connectivity index (χ0) is 14.8. The third-order valence-electron chi connectivity index (χ3n) is 2.75. The monoisotopic (exact) mass is 336 g/mol. The van der Waals surface area contributed by atoms with Gasteiger partial charge in [0.1, 0.15) is 22.3 Å². The lowest BCUT2D eigenvalue weighted by molar-refractivity contribution is 1.10. The molecule has 0 aliphatic rings. The SMILES string of the molecule is Clc1cccc(-c2c(Cl)nc(-c3ccncn3)nc2Cl)c1. The predicted molar refractivity (Wildman–Crippen MR) is 83.5 cm³/mol. The molecule has 3 rings (SSSR count). The van der Waals surface area contributed by atoms with Gasteiger partial charge >= 0.3 is 0 Å². The first kappa shape index (κ1) is 14.2. The van der Waals surface area contributed by atoms with Crippen molar-refractivity contribution in [3.05, 3.63) is 58.2 Å². The number of aromatic nitrogens is 4. The Morgan fingerprint density at radius 3 is 2.29 bits per heavy atom. The van der Waals surface area contributed by atoms with Crippen molar-refractivity contribution in [2.75, 3.05) is 0 Å². The summed E-state index contributed by atoms with van der Waals surface area (Å²) in [4.78, 5) is 16.4. The second-order valence-corrected chi connectivity index (χ2v) is 5.26. The lowest BCUT2D eigenvalue weighted by Crippen LogP contribution is -1.96. The van der Waals surface area contributed by atoms with Crippen LogP contribution in [-0.4, -0.2) is 19.9 Å². The van der Waals surface area contributed by atoms with E-state index in [0.29, 0.717) is 22.1 Å². The van der Waals surface area contributed by atoms with Crippen molar-refractivity contribution >= 4 is 34.8 Å². The largest absolute Gasteiger partial charge is 0.245 e. The van der Waals surface area contributed by atoms with E-state index >= 15 is 0 Å². The molecule has 0 N–H and O–H groups in total. The Labute approximate surface area is 135 Å². The summed E-state index contributed by atoms with van der Waals surface area (Å²) in [5.41, 5.74) is 1.84. The first-order chi connectivity index (χ1) is 10.1. The fraction of sp³-hybridized carbons (Fsp3) is 0. The molecule has 104 valence electrons. The normalized spacial score (nSPS) is 10.6. The summed E-state index contributed by atoms with van der Waals surface area (Å²) >= 11 is 18.5. The summed E-state index contributed by atoms with van der Waals surface area (Å²) in [6.07, 6.45) is 3.00. The zero-order valence-electron chi connectivity index (χ0n) is 10.5. The molecule has 0 fully saturated rings. The molecule has 0 saturated heterocycles. The van der Waals surface area contributed by atoms with Crippen molar-refractivity contribution in [2.45, 2.75) is 0 Å². The van der Waals surface area contributed by atoms with Gasteiger partial charge in [-0.15, -0.1) is 0 Å². The first-order valence-corrected chi connectivity index (χ1v) is 7.04. The smallest absolute Gasteiger partial charge is 0.181 e. The molecule has 1 aromatic carbocycles. The van der Waals surface area contributed by atoms with Crippen LogP contribution < -0.4 is 0 Å². The van der Waals surface area contributed by atoms with Gasteiger partial charge in [0.2, 0.25) is 0 Å². The van der Waals surface area contributed by atoms with E-state index in [1.807, 2.05) is 12.1 Å². The van der Waals surface area contributed by atoms with Crippen LogP contribution in [0.2, 0.25) is 15.3 Å². The van der Waals surface area contributed by atoms with Crippen LogP contribution in [0, 0.1) is 0 Å². The second-order valence-electron chi connectivity index (χ2n) is 4.11. The van der Waals surface area contributed by atoms with E-state index in [4.69, 9.17) is 34.8 Å². The lowest BCUT2D eigenvalue weighted by Gasteiger charge is -2.08. The third kappa shape index (κ3) is 2.97. The van der Waals surface area contributed by atoms with Gasteiger partial charge in [-0.05, 0) is 23.8 Å². The van der Waals surface area contributed by atoms with Crippen LogP contribution in [0.15, 0.2) is 42.9 Å². The van der Waals surface area contributed by atoms with Crippen LogP contribution in [0.25, 0.3) is 22.6 Å². The fourth-order valence-electron chi connectivity index (χ4n) is 1.83. The van der Waals surface area contributed by atoms with Gasteiger partial charge in [-0.25, -0.2) is 19.9 Å². The van der Waals surface area contributed by atoms with Crippen molar-refractivity contribution in [1.29, 1.82) is 0 Å². The van der Waals surface area contributed by atoms with Crippen LogP contribution in [-0.2, 0) is 0 Å². The molecular weight excluding hydrogens is 331 g/mol. The number of nitrogens with zero attached hydrogens (tertiary/aromatic N) is 4. The van der Waals surface area contributed by atoms with Gasteiger partial charge in [-0.2, -0.15) is 0 Å². The van der Waals surface area contributed by atoms with Crippen molar-refractivity contribution in [3.63, 3.8) is 0 Å². The number of hydrogen-bond acceptors (Lipinski definition) is 4. The highest BCUT2D eigenvalue weighted by Gasteiger charge is 2.15. The van der Waals surface area contributed by atoms with Crippen molar-refractivity contribution < 1.29 is 0 Å². The average molecular weight is 338 g/mol. The fourth-order valence-corrected chi connectivity index (χ4v) is 2.62. The van der Waals surface area contributed by atoms with Gasteiger partial charge in [-0.3, -0.25) is 0 Å². The van der Waals surface area contributed by atoms with Gasteiger partial charge in [0.25, 0.3) is 0 Å². The van der Waals surface area contributed by atoms with Crippen LogP contribution in [0.3, 0.4) is 0 Å². The summed E-state index contributed by atoms with van der Waals surface area (Å²) < 4.78 is 0. The van der Waals surface area contributed by atoms with Crippen molar-refractivity contribution in [1.82, 2.24) is 19.9 Å². The number of benzene rings is 1. The van der Waals surface area contributed by atoms with Crippen LogP contribution in [0.4, 0.5) is 0 Å². The summed E-state index contributed by atoms with van der Waals surface area (Å²) in [5, 5.41) is 1.07. The topological polar surface area (TPSA) is 51.6 Å². The maximum absolute atomic E-state index is 6.25. The summed E-state index contributed by atoms with van der Waals surface area (Å²) in [6, 6.07) is 8.85. The molecule has 0 aliphatic carbocycles. The molecule has 4 nitrogen and oxygen atoms in total. The summed E-state index contributed by atoms with van der Waals surface area (Å²) in [7, 11) is 0. The van der Waals surface area contributed by atoms with E-state index in [9.17, 15) is 0 Å². The van der Waals surface area contributed by atoms with Gasteiger partial charge < -0.3 is 0 Å². The van der Waals surface area contributed by atoms with Crippen LogP contribution in [0.5, 0.6) is 0 Å². The molecule has 3 aromatic rings. The van der Waals surface area contributed by atoms with E-state index < -0.39 is 0 Å². The summed E-state index contributed by atoms with van der Waals surface area (Å²) in [5.74, 6) is 0.346. The first-order valence-electron chi connectivity index (χ1n) is 5.90. The standard InChI is InChI=1S/C14H7Cl3N4/c15-9-3-1-2-8(6-9)11-12(16)20-14(21-13(11)17)10-4-5-18-7-19-10/h1-7H. The molecule has 0 spiro atoms. The molecule has 0 amide bonds. The van der Waals surface area contributed by atoms with E-state index in [1.54, 1.807) is 24.4 Å². The van der Waals surface area contributed by atoms with Crippen molar-refractivity contribution in [3.8, 4) is 22.6 Å². The quantitative estimate of drug-likeness (QED) is 0.643. The van der Waals surface area contributed by atoms with Crippen molar-refractivity contribution in [2.24, 2.45) is 0 Å². The Kier molecular flexibility index (Phi) is 4.01. The third-order valence-corrected chi connectivity index (χ3v) is 3.53. The molecular formula is C14H7Cl3N4. The van der Waals surface area contributed by atoms with E-state index in [2.05, 4.69) is 19.9 Å². The van der Waals surface area contributed by atoms with Gasteiger partial charge in [0.15, 0.2) is 5.82 Å². The molecule has 0 bridgehead atoms. The van der Waals surface area contributed by atoms with Gasteiger partial charge in [-0.1, -0.05) is 46.9 Å². The minimum atomic E-state index is 0.242. The molecule has 0 radical (unpaired) electrons. The Bertz CT molecular complexity index is 770. The molecule has 0 saturated carbocycles. The second kappa shape index (κ2) is 5.93. The minimum Gasteiger partial charge on any atom is -0.245 e. The van der Waals surface area contributed by atoms with Crippen LogP contribution >= 0.6 is 34.8 Å². The van der Waals surface area contributed by atoms with E-state index in [-0.39, 0.29) is 10.3 Å². The van der Waals surface area contributed by atoms with Crippen LogP contribution in [0.1, 0.15) is 0 Å². The highest BCUT2D eigenvalue weighted by atomic mass is 35.5. The molecule has 21 heavy (non-hydrogen) atoms. The maximum atomic E-state index is 6.25. The summed E-state index contributed by atoms with van der Waals surface area (Å²) in [6.45, 7) is 0. The molecule has 7 heteroatoms. The van der Waals surface area contributed by atoms with E-state index in [0.717, 1.165) is 5.56 Å². The Balaban J connectivity index is 2.13. The highest BCUT2D eigenvalue weighted by molar-refractivity contribution is 6.38. The van der Waals surface area contributed by atoms with Gasteiger partial charge in [0.05, 0.1) is 5.56 Å². The zero-order valence-corrected chi connectivity index (χ0v) is 12.7. The predicted octanol–water partition coefficient (Wildman–Crippen LogP) is 4.56. The number of halogens is 3. The molecule has 0 unspecified atom stereocenters. The Morgan fingerprint density at radius 1 is 0.905 bits per heavy atom. The molecule has 0 atom stereocenters. The Morgan fingerprint density at radius 2 is 1.67 bits per heavy atom. The minimum absolute atomic E-state index is 0.242. The molecule has 2 aromatic heterocycles. The lowest BCUT2D eigenvalue weighted by atomic mass is 10.1. The maximum Gasteiger partial charge on any atom is 0.181 e. The van der Waals surface area contributed by atoms with E-state index in [1.165, 1.54) is 6.33 Å². The highest BCUT2D eigenvalue weighted by Crippen LogP contribution is 2.34. The number of rotatable bonds is 2. The average Bonchev–Trinajstić information content (AvgIpc) is 2.47. The Hall–Kier alpha value is -1.75. The molecule has 2 heterocycles. The molecule has 0 aliphatic heterocycles.